The Bertz CT molecular complexity index is 765. The maximum atomic E-state index is 11.0. The maximum absolute atomic E-state index is 11.0. The van der Waals surface area contributed by atoms with Crippen LogP contribution in [0.4, 0.5) is 0 Å². The molecule has 0 aliphatic carbocycles. The van der Waals surface area contributed by atoms with Gasteiger partial charge >= 0.3 is 5.97 Å². The minimum atomic E-state index is -1.00. The Morgan fingerprint density at radius 3 is 2.31 bits per heavy atom. The van der Waals surface area contributed by atoms with Crippen LogP contribution < -0.4 is 14.2 Å². The van der Waals surface area contributed by atoms with Gasteiger partial charge in [0.1, 0.15) is 5.75 Å². The highest BCUT2D eigenvalue weighted by molar-refractivity contribution is 5.88. The molecule has 0 unspecified atom stereocenters. The highest BCUT2D eigenvalue weighted by Crippen LogP contribution is 2.28. The number of ether oxygens (including phenoxy) is 3. The standard InChI is InChI=1S/C20H21NO5/c1-24-19-13-16(20(22)23)7-10-18(19)26-12-4-2-3-11-25-17-8-5-15(14-21)6-9-17/h5-10,13H,2-4,11-12H2,1H3,(H,22,23). The van der Waals surface area contributed by atoms with Gasteiger partial charge in [-0.3, -0.25) is 0 Å². The topological polar surface area (TPSA) is 88.8 Å². The van der Waals surface area contributed by atoms with E-state index in [4.69, 9.17) is 24.6 Å². The number of carbonyl (C=O) groups is 1. The first kappa shape index (κ1) is 19.1. The second-order valence-corrected chi connectivity index (χ2v) is 5.56. The quantitative estimate of drug-likeness (QED) is 0.650. The van der Waals surface area contributed by atoms with Crippen molar-refractivity contribution < 1.29 is 24.1 Å². The molecule has 1 N–H and O–H groups in total. The molecule has 0 spiro atoms. The van der Waals surface area contributed by atoms with Gasteiger partial charge in [-0.15, -0.1) is 0 Å². The molecule has 0 bridgehead atoms. The summed E-state index contributed by atoms with van der Waals surface area (Å²) < 4.78 is 16.4. The van der Waals surface area contributed by atoms with E-state index in [2.05, 4.69) is 6.07 Å². The van der Waals surface area contributed by atoms with Gasteiger partial charge in [-0.05, 0) is 61.7 Å². The monoisotopic (exact) mass is 355 g/mol. The molecule has 0 fully saturated rings. The van der Waals surface area contributed by atoms with Crippen molar-refractivity contribution in [3.63, 3.8) is 0 Å². The van der Waals surface area contributed by atoms with Crippen molar-refractivity contribution in [1.29, 1.82) is 5.26 Å². The summed E-state index contributed by atoms with van der Waals surface area (Å²) in [5, 5.41) is 17.7. The van der Waals surface area contributed by atoms with Gasteiger partial charge in [-0.1, -0.05) is 0 Å². The third-order valence-electron chi connectivity index (χ3n) is 3.71. The van der Waals surface area contributed by atoms with Crippen molar-refractivity contribution in [1.82, 2.24) is 0 Å². The van der Waals surface area contributed by atoms with Crippen LogP contribution in [0.2, 0.25) is 0 Å². The Morgan fingerprint density at radius 2 is 1.69 bits per heavy atom. The van der Waals surface area contributed by atoms with Crippen LogP contribution in [0.1, 0.15) is 35.2 Å². The molecule has 6 heteroatoms. The number of carboxylic acid groups (broad SMARTS) is 1. The molecule has 2 aromatic carbocycles. The molecular weight excluding hydrogens is 334 g/mol. The lowest BCUT2D eigenvalue weighted by molar-refractivity contribution is 0.0696. The Morgan fingerprint density at radius 1 is 1.00 bits per heavy atom. The van der Waals surface area contributed by atoms with Gasteiger partial charge in [0.25, 0.3) is 0 Å². The van der Waals surface area contributed by atoms with Gasteiger partial charge in [0.15, 0.2) is 11.5 Å². The average molecular weight is 355 g/mol. The summed E-state index contributed by atoms with van der Waals surface area (Å²) in [5.74, 6) is 0.695. The summed E-state index contributed by atoms with van der Waals surface area (Å²) >= 11 is 0. The first-order chi connectivity index (χ1) is 12.6. The predicted molar refractivity (Wildman–Crippen MR) is 96.0 cm³/mol. The fourth-order valence-electron chi connectivity index (χ4n) is 2.30. The molecule has 0 heterocycles. The van der Waals surface area contributed by atoms with E-state index in [-0.39, 0.29) is 5.56 Å². The number of nitrogens with zero attached hydrogens (tertiary/aromatic N) is 1. The number of unbranched alkanes of at least 4 members (excludes halogenated alkanes) is 2. The van der Waals surface area contributed by atoms with Crippen molar-refractivity contribution in [3.8, 4) is 23.3 Å². The lowest BCUT2D eigenvalue weighted by atomic mass is 10.2. The normalized spacial score (nSPS) is 10.0. The number of hydrogen-bond donors (Lipinski definition) is 1. The third kappa shape index (κ3) is 5.71. The Kier molecular flexibility index (Phi) is 7.31. The van der Waals surface area contributed by atoms with Crippen LogP contribution in [0, 0.1) is 11.3 Å². The number of carboxylic acids is 1. The summed E-state index contributed by atoms with van der Waals surface area (Å²) in [5.41, 5.74) is 0.774. The molecule has 136 valence electrons. The van der Waals surface area contributed by atoms with Gasteiger partial charge in [0, 0.05) is 0 Å². The van der Waals surface area contributed by atoms with Crippen molar-refractivity contribution in [3.05, 3.63) is 53.6 Å². The molecule has 0 amide bonds. The van der Waals surface area contributed by atoms with Crippen LogP contribution in [-0.2, 0) is 0 Å². The number of nitriles is 1. The van der Waals surface area contributed by atoms with Crippen LogP contribution in [0.5, 0.6) is 17.2 Å². The van der Waals surface area contributed by atoms with E-state index in [1.165, 1.54) is 19.2 Å². The summed E-state index contributed by atoms with van der Waals surface area (Å²) in [6.45, 7) is 1.11. The van der Waals surface area contributed by atoms with E-state index in [1.807, 2.05) is 0 Å². The summed E-state index contributed by atoms with van der Waals surface area (Å²) in [7, 11) is 1.48. The van der Waals surface area contributed by atoms with E-state index in [0.717, 1.165) is 25.0 Å². The Balaban J connectivity index is 1.66. The van der Waals surface area contributed by atoms with Gasteiger partial charge < -0.3 is 19.3 Å². The molecule has 26 heavy (non-hydrogen) atoms. The second kappa shape index (κ2) is 9.94. The largest absolute Gasteiger partial charge is 0.494 e. The average Bonchev–Trinajstić information content (AvgIpc) is 2.67. The van der Waals surface area contributed by atoms with Crippen LogP contribution in [0.25, 0.3) is 0 Å². The second-order valence-electron chi connectivity index (χ2n) is 5.56. The Labute approximate surface area is 152 Å². The van der Waals surface area contributed by atoms with Crippen molar-refractivity contribution in [2.75, 3.05) is 20.3 Å². The molecular formula is C20H21NO5. The number of aromatic carboxylic acids is 1. The zero-order valence-corrected chi connectivity index (χ0v) is 14.6. The molecule has 0 saturated heterocycles. The fourth-order valence-corrected chi connectivity index (χ4v) is 2.30. The maximum Gasteiger partial charge on any atom is 0.335 e. The third-order valence-corrected chi connectivity index (χ3v) is 3.71. The molecule has 0 aliphatic rings. The molecule has 0 radical (unpaired) electrons. The van der Waals surface area contributed by atoms with Gasteiger partial charge in [0.05, 0.1) is 37.5 Å². The zero-order valence-electron chi connectivity index (χ0n) is 14.6. The smallest absolute Gasteiger partial charge is 0.335 e. The summed E-state index contributed by atoms with van der Waals surface area (Å²) in [4.78, 5) is 11.0. The van der Waals surface area contributed by atoms with E-state index in [0.29, 0.717) is 30.3 Å². The first-order valence-corrected chi connectivity index (χ1v) is 8.31. The summed E-state index contributed by atoms with van der Waals surface area (Å²) in [6, 6.07) is 13.6. The van der Waals surface area contributed by atoms with Gasteiger partial charge in [-0.25, -0.2) is 4.79 Å². The van der Waals surface area contributed by atoms with Crippen molar-refractivity contribution in [2.24, 2.45) is 0 Å². The minimum absolute atomic E-state index is 0.161. The molecule has 6 nitrogen and oxygen atoms in total. The van der Waals surface area contributed by atoms with Gasteiger partial charge in [0.2, 0.25) is 0 Å². The van der Waals surface area contributed by atoms with E-state index < -0.39 is 5.97 Å². The van der Waals surface area contributed by atoms with Crippen molar-refractivity contribution >= 4 is 5.97 Å². The molecule has 2 aromatic rings. The van der Waals surface area contributed by atoms with E-state index >= 15 is 0 Å². The fraction of sp³-hybridized carbons (Fsp3) is 0.300. The van der Waals surface area contributed by atoms with E-state index in [1.54, 1.807) is 30.3 Å². The van der Waals surface area contributed by atoms with Crippen LogP contribution in [0.15, 0.2) is 42.5 Å². The van der Waals surface area contributed by atoms with Crippen LogP contribution >= 0.6 is 0 Å². The minimum Gasteiger partial charge on any atom is -0.494 e. The SMILES string of the molecule is COc1cc(C(=O)O)ccc1OCCCCCOc1ccc(C#N)cc1. The molecule has 2 rings (SSSR count). The van der Waals surface area contributed by atoms with Crippen LogP contribution in [-0.4, -0.2) is 31.4 Å². The highest BCUT2D eigenvalue weighted by Gasteiger charge is 2.09. The Hall–Kier alpha value is -3.20. The highest BCUT2D eigenvalue weighted by atomic mass is 16.5. The van der Waals surface area contributed by atoms with Crippen molar-refractivity contribution in [2.45, 2.75) is 19.3 Å². The lowest BCUT2D eigenvalue weighted by Gasteiger charge is -2.11. The number of hydrogen-bond acceptors (Lipinski definition) is 5. The van der Waals surface area contributed by atoms with Gasteiger partial charge in [-0.2, -0.15) is 5.26 Å². The summed E-state index contributed by atoms with van der Waals surface area (Å²) in [6.07, 6.45) is 2.67. The molecule has 0 atom stereocenters. The molecule has 0 saturated carbocycles. The molecule has 0 aliphatic heterocycles. The molecule has 0 aromatic heterocycles. The lowest BCUT2D eigenvalue weighted by Crippen LogP contribution is -2.03. The van der Waals surface area contributed by atoms with Crippen LogP contribution in [0.3, 0.4) is 0 Å². The first-order valence-electron chi connectivity index (χ1n) is 8.31. The number of methoxy groups -OCH3 is 1. The predicted octanol–water partition coefficient (Wildman–Crippen LogP) is 3.89. The van der Waals surface area contributed by atoms with E-state index in [9.17, 15) is 4.79 Å². The number of rotatable bonds is 10. The zero-order chi connectivity index (χ0) is 18.8. The number of benzene rings is 2.